The molecule has 1 heterocycles. The smallest absolute Gasteiger partial charge is 0.239 e. The predicted octanol–water partition coefficient (Wildman–Crippen LogP) is 1.32. The van der Waals surface area contributed by atoms with Crippen molar-refractivity contribution in [3.63, 3.8) is 0 Å². The lowest BCUT2D eigenvalue weighted by molar-refractivity contribution is -0.158. The Labute approximate surface area is 120 Å². The maximum Gasteiger partial charge on any atom is 0.239 e. The summed E-state index contributed by atoms with van der Waals surface area (Å²) in [5, 5.41) is 10.1. The fourth-order valence-corrected chi connectivity index (χ4v) is 2.77. The van der Waals surface area contributed by atoms with Crippen molar-refractivity contribution in [3.8, 4) is 0 Å². The van der Waals surface area contributed by atoms with E-state index in [1.165, 1.54) is 5.56 Å². The van der Waals surface area contributed by atoms with E-state index in [0.29, 0.717) is 19.5 Å². The van der Waals surface area contributed by atoms with Gasteiger partial charge >= 0.3 is 0 Å². The third-order valence-electron chi connectivity index (χ3n) is 3.90. The quantitative estimate of drug-likeness (QED) is 0.823. The highest BCUT2D eigenvalue weighted by Gasteiger charge is 2.43. The van der Waals surface area contributed by atoms with Crippen LogP contribution in [-0.2, 0) is 11.2 Å². The van der Waals surface area contributed by atoms with E-state index in [1.54, 1.807) is 4.90 Å². The lowest BCUT2D eigenvalue weighted by Crippen LogP contribution is -2.65. The molecule has 110 valence electrons. The molecule has 0 radical (unpaired) electrons. The van der Waals surface area contributed by atoms with Crippen LogP contribution in [0.25, 0.3) is 0 Å². The minimum Gasteiger partial charge on any atom is -0.386 e. The molecule has 0 aliphatic carbocycles. The Balaban J connectivity index is 1.76. The molecule has 0 spiro atoms. The van der Waals surface area contributed by atoms with E-state index in [1.807, 2.05) is 37.3 Å². The summed E-state index contributed by atoms with van der Waals surface area (Å²) in [4.78, 5) is 13.8. The fraction of sp³-hybridized carbons (Fsp3) is 0.562. The van der Waals surface area contributed by atoms with Gasteiger partial charge in [0.1, 0.15) is 0 Å². The van der Waals surface area contributed by atoms with Crippen LogP contribution >= 0.6 is 0 Å². The summed E-state index contributed by atoms with van der Waals surface area (Å²) in [5.74, 6) is -0.0401. The first-order chi connectivity index (χ1) is 9.54. The van der Waals surface area contributed by atoms with Crippen molar-refractivity contribution in [2.24, 2.45) is 5.73 Å². The van der Waals surface area contributed by atoms with E-state index in [4.69, 9.17) is 5.73 Å². The molecule has 0 aromatic heterocycles. The Hall–Kier alpha value is -1.39. The van der Waals surface area contributed by atoms with E-state index >= 15 is 0 Å². The van der Waals surface area contributed by atoms with E-state index in [9.17, 15) is 9.90 Å². The third-order valence-corrected chi connectivity index (χ3v) is 3.90. The maximum absolute atomic E-state index is 12.1. The van der Waals surface area contributed by atoms with E-state index < -0.39 is 11.6 Å². The molecular weight excluding hydrogens is 252 g/mol. The van der Waals surface area contributed by atoms with Gasteiger partial charge in [-0.1, -0.05) is 43.7 Å². The van der Waals surface area contributed by atoms with Gasteiger partial charge in [0.15, 0.2) is 0 Å². The van der Waals surface area contributed by atoms with Crippen molar-refractivity contribution in [1.82, 2.24) is 4.90 Å². The number of likely N-dealkylation sites (tertiary alicyclic amines) is 1. The molecule has 1 saturated heterocycles. The van der Waals surface area contributed by atoms with Crippen LogP contribution in [-0.4, -0.2) is 40.6 Å². The van der Waals surface area contributed by atoms with Gasteiger partial charge in [-0.25, -0.2) is 0 Å². The molecule has 1 fully saturated rings. The van der Waals surface area contributed by atoms with Gasteiger partial charge in [0.2, 0.25) is 5.91 Å². The number of hydrogen-bond donors (Lipinski definition) is 2. The van der Waals surface area contributed by atoms with Gasteiger partial charge in [0.05, 0.1) is 24.7 Å². The predicted molar refractivity (Wildman–Crippen MR) is 79.2 cm³/mol. The van der Waals surface area contributed by atoms with Crippen molar-refractivity contribution in [2.75, 3.05) is 13.1 Å². The minimum absolute atomic E-state index is 0.0401. The van der Waals surface area contributed by atoms with Crippen molar-refractivity contribution in [1.29, 1.82) is 0 Å². The zero-order chi connectivity index (χ0) is 14.6. The number of aliphatic hydroxyl groups is 1. The lowest BCUT2D eigenvalue weighted by atomic mass is 9.88. The van der Waals surface area contributed by atoms with Crippen LogP contribution in [0.1, 0.15) is 31.7 Å². The van der Waals surface area contributed by atoms with Crippen molar-refractivity contribution in [3.05, 3.63) is 35.9 Å². The van der Waals surface area contributed by atoms with Gasteiger partial charge < -0.3 is 15.7 Å². The van der Waals surface area contributed by atoms with Crippen molar-refractivity contribution < 1.29 is 9.90 Å². The number of carbonyl (C=O) groups excluding carboxylic acids is 1. The molecule has 3 N–H and O–H groups in total. The molecule has 20 heavy (non-hydrogen) atoms. The molecule has 1 aliphatic rings. The number of carbonyl (C=O) groups is 1. The number of rotatable bonds is 6. The summed E-state index contributed by atoms with van der Waals surface area (Å²) < 4.78 is 0. The summed E-state index contributed by atoms with van der Waals surface area (Å²) in [6, 6.07) is 9.57. The number of nitrogens with two attached hydrogens (primary N) is 1. The lowest BCUT2D eigenvalue weighted by Gasteiger charge is -2.47. The molecule has 1 amide bonds. The molecule has 4 heteroatoms. The Morgan fingerprint density at radius 1 is 1.40 bits per heavy atom. The summed E-state index contributed by atoms with van der Waals surface area (Å²) in [6.07, 6.45) is 3.13. The molecule has 1 atom stereocenters. The molecule has 1 aromatic carbocycles. The summed E-state index contributed by atoms with van der Waals surface area (Å²) in [6.45, 7) is 2.89. The number of amides is 1. The highest BCUT2D eigenvalue weighted by atomic mass is 16.3. The van der Waals surface area contributed by atoms with Crippen LogP contribution in [0.15, 0.2) is 30.3 Å². The maximum atomic E-state index is 12.1. The minimum atomic E-state index is -0.677. The molecule has 0 saturated carbocycles. The number of aryl methyl sites for hydroxylation is 1. The zero-order valence-electron chi connectivity index (χ0n) is 12.1. The van der Waals surface area contributed by atoms with Gasteiger partial charge in [0, 0.05) is 0 Å². The highest BCUT2D eigenvalue weighted by molar-refractivity contribution is 5.82. The number of β-amino-alcohol motifs (C(OH)–C–C–N with tert-alkyl or cyclic N) is 1. The van der Waals surface area contributed by atoms with E-state index in [0.717, 1.165) is 19.3 Å². The third kappa shape index (κ3) is 3.58. The second kappa shape index (κ2) is 6.37. The number of hydrogen-bond acceptors (Lipinski definition) is 3. The van der Waals surface area contributed by atoms with Gasteiger partial charge in [-0.2, -0.15) is 0 Å². The Morgan fingerprint density at radius 2 is 2.05 bits per heavy atom. The van der Waals surface area contributed by atoms with E-state index in [-0.39, 0.29) is 5.91 Å². The Kier molecular flexibility index (Phi) is 4.78. The second-order valence-electron chi connectivity index (χ2n) is 5.80. The first-order valence-electron chi connectivity index (χ1n) is 7.35. The highest BCUT2D eigenvalue weighted by Crippen LogP contribution is 2.26. The molecule has 0 bridgehead atoms. The molecule has 1 aromatic rings. The van der Waals surface area contributed by atoms with Gasteiger partial charge in [-0.15, -0.1) is 0 Å². The van der Waals surface area contributed by atoms with Gasteiger partial charge in [-0.3, -0.25) is 4.79 Å². The Bertz CT molecular complexity index is 441. The average molecular weight is 276 g/mol. The Morgan fingerprint density at radius 3 is 2.65 bits per heavy atom. The largest absolute Gasteiger partial charge is 0.386 e. The van der Waals surface area contributed by atoms with E-state index in [2.05, 4.69) is 0 Å². The zero-order valence-corrected chi connectivity index (χ0v) is 12.1. The average Bonchev–Trinajstić information content (AvgIpc) is 2.42. The van der Waals surface area contributed by atoms with Gasteiger partial charge in [-0.05, 0) is 24.8 Å². The first-order valence-corrected chi connectivity index (χ1v) is 7.35. The number of benzene rings is 1. The molecule has 2 rings (SSSR count). The fourth-order valence-electron chi connectivity index (χ4n) is 2.77. The topological polar surface area (TPSA) is 66.6 Å². The van der Waals surface area contributed by atoms with Crippen molar-refractivity contribution >= 4 is 5.91 Å². The number of nitrogens with zero attached hydrogens (tertiary/aromatic N) is 1. The molecule has 1 unspecified atom stereocenters. The molecule has 4 nitrogen and oxygen atoms in total. The first kappa shape index (κ1) is 15.0. The summed E-state index contributed by atoms with van der Waals surface area (Å²) >= 11 is 0. The molecular formula is C16H24N2O2. The summed E-state index contributed by atoms with van der Waals surface area (Å²) in [7, 11) is 0. The summed E-state index contributed by atoms with van der Waals surface area (Å²) in [5.41, 5.74) is 6.48. The second-order valence-corrected chi connectivity index (χ2v) is 5.80. The van der Waals surface area contributed by atoms with Gasteiger partial charge in [0.25, 0.3) is 0 Å². The monoisotopic (exact) mass is 276 g/mol. The van der Waals surface area contributed by atoms with Crippen LogP contribution in [0, 0.1) is 0 Å². The van der Waals surface area contributed by atoms with Crippen LogP contribution in [0.3, 0.4) is 0 Å². The van der Waals surface area contributed by atoms with Crippen LogP contribution < -0.4 is 5.73 Å². The normalized spacial score (nSPS) is 18.4. The van der Waals surface area contributed by atoms with Crippen LogP contribution in [0.4, 0.5) is 0 Å². The van der Waals surface area contributed by atoms with Crippen LogP contribution in [0.2, 0.25) is 0 Å². The van der Waals surface area contributed by atoms with Crippen molar-refractivity contribution in [2.45, 2.75) is 44.2 Å². The van der Waals surface area contributed by atoms with Crippen LogP contribution in [0.5, 0.6) is 0 Å². The molecule has 1 aliphatic heterocycles. The SMILES string of the molecule is CCCC1(O)CN(C(=O)C(N)CCc2ccccc2)C1. The standard InChI is InChI=1S/C16H24N2O2/c1-2-10-16(20)11-18(12-16)15(19)14(17)9-8-13-6-4-3-5-7-13/h3-7,14,20H,2,8-12,17H2,1H3.